The van der Waals surface area contributed by atoms with E-state index < -0.39 is 5.95 Å². The van der Waals surface area contributed by atoms with Gasteiger partial charge >= 0.3 is 0 Å². The lowest BCUT2D eigenvalue weighted by Gasteiger charge is -2.06. The van der Waals surface area contributed by atoms with E-state index in [2.05, 4.69) is 24.1 Å². The Morgan fingerprint density at radius 1 is 1.33 bits per heavy atom. The molecular formula is C12H19FN2. The molecule has 0 atom stereocenters. The van der Waals surface area contributed by atoms with E-state index in [0.717, 1.165) is 18.9 Å². The molecule has 0 aliphatic heterocycles. The first-order chi connectivity index (χ1) is 7.18. The molecule has 1 aromatic rings. The van der Waals surface area contributed by atoms with Gasteiger partial charge in [0, 0.05) is 6.54 Å². The van der Waals surface area contributed by atoms with E-state index in [-0.39, 0.29) is 0 Å². The zero-order valence-electron chi connectivity index (χ0n) is 9.46. The highest BCUT2D eigenvalue weighted by atomic mass is 19.1. The Balaban J connectivity index is 2.15. The molecule has 0 bridgehead atoms. The zero-order chi connectivity index (χ0) is 11.1. The van der Waals surface area contributed by atoms with Crippen LogP contribution in [0.3, 0.4) is 0 Å². The first kappa shape index (κ1) is 12.0. The van der Waals surface area contributed by atoms with Crippen LogP contribution in [-0.2, 0) is 0 Å². The van der Waals surface area contributed by atoms with Crippen molar-refractivity contribution in [2.45, 2.75) is 33.1 Å². The van der Waals surface area contributed by atoms with E-state index in [4.69, 9.17) is 0 Å². The third-order valence-electron chi connectivity index (χ3n) is 2.23. The average molecular weight is 210 g/mol. The summed E-state index contributed by atoms with van der Waals surface area (Å²) in [6, 6.07) is 4.80. The van der Waals surface area contributed by atoms with Crippen LogP contribution in [0.5, 0.6) is 0 Å². The molecule has 0 fully saturated rings. The number of aromatic nitrogens is 1. The summed E-state index contributed by atoms with van der Waals surface area (Å²) in [6.07, 6.45) is 3.56. The summed E-state index contributed by atoms with van der Waals surface area (Å²) in [5.74, 6) is 0.957. The Kier molecular flexibility index (Phi) is 5.08. The van der Waals surface area contributed by atoms with Gasteiger partial charge in [-0.3, -0.25) is 0 Å². The van der Waals surface area contributed by atoms with Crippen LogP contribution in [-0.4, -0.2) is 11.5 Å². The lowest BCUT2D eigenvalue weighted by atomic mass is 10.1. The lowest BCUT2D eigenvalue weighted by molar-refractivity contribution is 0.544. The van der Waals surface area contributed by atoms with Crippen LogP contribution in [0.15, 0.2) is 18.2 Å². The summed E-state index contributed by atoms with van der Waals surface area (Å²) in [6.45, 7) is 5.31. The smallest absolute Gasteiger partial charge is 0.214 e. The van der Waals surface area contributed by atoms with Crippen molar-refractivity contribution in [2.24, 2.45) is 5.92 Å². The summed E-state index contributed by atoms with van der Waals surface area (Å²) < 4.78 is 12.7. The van der Waals surface area contributed by atoms with Crippen LogP contribution in [0.2, 0.25) is 0 Å². The van der Waals surface area contributed by atoms with Crippen molar-refractivity contribution < 1.29 is 4.39 Å². The fraction of sp³-hybridized carbons (Fsp3) is 0.583. The molecule has 0 saturated carbocycles. The highest BCUT2D eigenvalue weighted by Gasteiger charge is 1.96. The van der Waals surface area contributed by atoms with Crippen molar-refractivity contribution in [3.63, 3.8) is 0 Å². The Hall–Kier alpha value is -1.12. The number of anilines is 1. The first-order valence-corrected chi connectivity index (χ1v) is 5.55. The molecule has 0 aliphatic rings. The van der Waals surface area contributed by atoms with Crippen LogP contribution in [0.1, 0.15) is 33.1 Å². The number of hydrogen-bond acceptors (Lipinski definition) is 2. The number of pyridine rings is 1. The van der Waals surface area contributed by atoms with Gasteiger partial charge in [0.25, 0.3) is 0 Å². The second-order valence-corrected chi connectivity index (χ2v) is 4.16. The Morgan fingerprint density at radius 3 is 2.80 bits per heavy atom. The predicted octanol–water partition coefficient (Wildman–Crippen LogP) is 3.46. The van der Waals surface area contributed by atoms with Crippen molar-refractivity contribution in [2.75, 3.05) is 11.9 Å². The SMILES string of the molecule is CC(C)CCCCNc1cccc(F)n1. The molecule has 1 heterocycles. The molecule has 15 heavy (non-hydrogen) atoms. The van der Waals surface area contributed by atoms with Gasteiger partial charge in [0.15, 0.2) is 0 Å². The highest BCUT2D eigenvalue weighted by Crippen LogP contribution is 2.07. The number of unbranched alkanes of at least 4 members (excludes halogenated alkanes) is 1. The molecule has 1 N–H and O–H groups in total. The zero-order valence-corrected chi connectivity index (χ0v) is 9.46. The van der Waals surface area contributed by atoms with Gasteiger partial charge in [0.2, 0.25) is 5.95 Å². The van der Waals surface area contributed by atoms with Crippen LogP contribution in [0.4, 0.5) is 10.2 Å². The van der Waals surface area contributed by atoms with Gasteiger partial charge in [-0.15, -0.1) is 0 Å². The van der Waals surface area contributed by atoms with Crippen molar-refractivity contribution in [1.29, 1.82) is 0 Å². The number of hydrogen-bond donors (Lipinski definition) is 1. The lowest BCUT2D eigenvalue weighted by Crippen LogP contribution is -2.04. The van der Waals surface area contributed by atoms with E-state index in [1.165, 1.54) is 18.9 Å². The molecule has 0 aliphatic carbocycles. The quantitative estimate of drug-likeness (QED) is 0.574. The number of halogens is 1. The monoisotopic (exact) mass is 210 g/mol. The number of nitrogens with one attached hydrogen (secondary N) is 1. The number of rotatable bonds is 6. The summed E-state index contributed by atoms with van der Waals surface area (Å²) in [7, 11) is 0. The normalized spacial score (nSPS) is 10.7. The molecule has 0 amide bonds. The fourth-order valence-electron chi connectivity index (χ4n) is 1.40. The predicted molar refractivity (Wildman–Crippen MR) is 61.4 cm³/mol. The van der Waals surface area contributed by atoms with Gasteiger partial charge < -0.3 is 5.32 Å². The van der Waals surface area contributed by atoms with E-state index >= 15 is 0 Å². The Morgan fingerprint density at radius 2 is 2.13 bits per heavy atom. The second-order valence-electron chi connectivity index (χ2n) is 4.16. The summed E-state index contributed by atoms with van der Waals surface area (Å²) in [4.78, 5) is 3.73. The molecule has 0 radical (unpaired) electrons. The van der Waals surface area contributed by atoms with Gasteiger partial charge in [-0.25, -0.2) is 4.98 Å². The van der Waals surface area contributed by atoms with Crippen molar-refractivity contribution in [3.8, 4) is 0 Å². The van der Waals surface area contributed by atoms with Gasteiger partial charge in [0.1, 0.15) is 5.82 Å². The van der Waals surface area contributed by atoms with Crippen LogP contribution < -0.4 is 5.32 Å². The molecule has 3 heteroatoms. The first-order valence-electron chi connectivity index (χ1n) is 5.55. The molecular weight excluding hydrogens is 191 g/mol. The minimum atomic E-state index is -0.429. The van der Waals surface area contributed by atoms with Crippen LogP contribution in [0, 0.1) is 11.9 Å². The van der Waals surface area contributed by atoms with E-state index in [1.807, 2.05) is 0 Å². The van der Waals surface area contributed by atoms with Crippen molar-refractivity contribution in [3.05, 3.63) is 24.1 Å². The maximum absolute atomic E-state index is 12.7. The minimum absolute atomic E-state index is 0.429. The molecule has 84 valence electrons. The largest absolute Gasteiger partial charge is 0.370 e. The van der Waals surface area contributed by atoms with Crippen LogP contribution in [0.25, 0.3) is 0 Å². The highest BCUT2D eigenvalue weighted by molar-refractivity contribution is 5.33. The summed E-state index contributed by atoms with van der Waals surface area (Å²) >= 11 is 0. The second kappa shape index (κ2) is 6.38. The molecule has 0 aromatic carbocycles. The van der Waals surface area contributed by atoms with Gasteiger partial charge in [0.05, 0.1) is 0 Å². The van der Waals surface area contributed by atoms with Crippen LogP contribution >= 0.6 is 0 Å². The summed E-state index contributed by atoms with van der Waals surface area (Å²) in [5.41, 5.74) is 0. The van der Waals surface area contributed by atoms with E-state index in [0.29, 0.717) is 5.82 Å². The maximum Gasteiger partial charge on any atom is 0.214 e. The molecule has 2 nitrogen and oxygen atoms in total. The molecule has 1 rings (SSSR count). The molecule has 0 saturated heterocycles. The van der Waals surface area contributed by atoms with Gasteiger partial charge in [-0.2, -0.15) is 4.39 Å². The third-order valence-corrected chi connectivity index (χ3v) is 2.23. The minimum Gasteiger partial charge on any atom is -0.370 e. The standard InChI is InChI=1S/C12H19FN2/c1-10(2)6-3-4-9-14-12-8-5-7-11(13)15-12/h5,7-8,10H,3-4,6,9H2,1-2H3,(H,14,15). The topological polar surface area (TPSA) is 24.9 Å². The van der Waals surface area contributed by atoms with E-state index in [1.54, 1.807) is 12.1 Å². The molecule has 0 unspecified atom stereocenters. The molecule has 1 aromatic heterocycles. The number of nitrogens with zero attached hydrogens (tertiary/aromatic N) is 1. The van der Waals surface area contributed by atoms with Gasteiger partial charge in [-0.05, 0) is 24.5 Å². The third kappa shape index (κ3) is 5.35. The average Bonchev–Trinajstić information content (AvgIpc) is 2.17. The summed E-state index contributed by atoms with van der Waals surface area (Å²) in [5, 5.41) is 3.11. The van der Waals surface area contributed by atoms with Crippen molar-refractivity contribution >= 4 is 5.82 Å². The van der Waals surface area contributed by atoms with Gasteiger partial charge in [-0.1, -0.05) is 32.8 Å². The Bertz CT molecular complexity index is 287. The Labute approximate surface area is 90.9 Å². The fourth-order valence-corrected chi connectivity index (χ4v) is 1.40. The molecule has 0 spiro atoms. The van der Waals surface area contributed by atoms with Crippen molar-refractivity contribution in [1.82, 2.24) is 4.98 Å². The maximum atomic E-state index is 12.7. The van der Waals surface area contributed by atoms with E-state index in [9.17, 15) is 4.39 Å².